The minimum absolute atomic E-state index is 0.287. The topological polar surface area (TPSA) is 79.1 Å². The SMILES string of the molecule is CC(C)OC(=O)[C@@H](C#N)c1nc2ccccc2nc1N1CCC[C@@H](C)C1. The van der Waals surface area contributed by atoms with Crippen LogP contribution in [0.4, 0.5) is 5.82 Å². The summed E-state index contributed by atoms with van der Waals surface area (Å²) >= 11 is 0. The second kappa shape index (κ2) is 7.69. The second-order valence-electron chi connectivity index (χ2n) is 7.16. The Morgan fingerprint density at radius 2 is 2.00 bits per heavy atom. The summed E-state index contributed by atoms with van der Waals surface area (Å²) in [7, 11) is 0. The third kappa shape index (κ3) is 3.77. The lowest BCUT2D eigenvalue weighted by Crippen LogP contribution is -2.36. The van der Waals surface area contributed by atoms with Crippen LogP contribution in [0.15, 0.2) is 24.3 Å². The minimum Gasteiger partial charge on any atom is -0.462 e. The molecule has 2 aromatic rings. The summed E-state index contributed by atoms with van der Waals surface area (Å²) in [6.07, 6.45) is 1.94. The van der Waals surface area contributed by atoms with Gasteiger partial charge in [0.25, 0.3) is 0 Å². The zero-order chi connectivity index (χ0) is 18.7. The van der Waals surface area contributed by atoms with E-state index in [1.165, 1.54) is 6.42 Å². The average molecular weight is 352 g/mol. The summed E-state index contributed by atoms with van der Waals surface area (Å²) in [5.74, 6) is -0.490. The number of carbonyl (C=O) groups excluding carboxylic acids is 1. The zero-order valence-corrected chi connectivity index (χ0v) is 15.5. The summed E-state index contributed by atoms with van der Waals surface area (Å²) < 4.78 is 5.29. The number of hydrogen-bond acceptors (Lipinski definition) is 6. The molecule has 136 valence electrons. The Bertz CT molecular complexity index is 843. The van der Waals surface area contributed by atoms with Crippen molar-refractivity contribution in [3.8, 4) is 6.07 Å². The van der Waals surface area contributed by atoms with E-state index in [0.29, 0.717) is 22.9 Å². The van der Waals surface area contributed by atoms with E-state index in [4.69, 9.17) is 9.72 Å². The number of hydrogen-bond donors (Lipinski definition) is 0. The maximum absolute atomic E-state index is 12.5. The normalized spacial score (nSPS) is 18.6. The Labute approximate surface area is 153 Å². The number of rotatable bonds is 4. The fourth-order valence-electron chi connectivity index (χ4n) is 3.34. The molecule has 0 spiro atoms. The predicted octanol–water partition coefficient (Wildman–Crippen LogP) is 3.42. The molecule has 1 aromatic carbocycles. The number of carbonyl (C=O) groups is 1. The first-order chi connectivity index (χ1) is 12.5. The van der Waals surface area contributed by atoms with Crippen molar-refractivity contribution >= 4 is 22.8 Å². The molecule has 0 saturated carbocycles. The molecule has 1 aliphatic rings. The first kappa shape index (κ1) is 18.1. The Balaban J connectivity index is 2.10. The van der Waals surface area contributed by atoms with Crippen molar-refractivity contribution in [2.45, 2.75) is 45.6 Å². The van der Waals surface area contributed by atoms with Crippen molar-refractivity contribution in [1.29, 1.82) is 5.26 Å². The van der Waals surface area contributed by atoms with E-state index in [0.717, 1.165) is 25.0 Å². The van der Waals surface area contributed by atoms with Crippen LogP contribution in [0.2, 0.25) is 0 Å². The van der Waals surface area contributed by atoms with E-state index in [1.807, 2.05) is 24.3 Å². The van der Waals surface area contributed by atoms with E-state index in [2.05, 4.69) is 22.9 Å². The number of anilines is 1. The van der Waals surface area contributed by atoms with Crippen LogP contribution >= 0.6 is 0 Å². The number of ether oxygens (including phenoxy) is 1. The number of nitrogens with zero attached hydrogens (tertiary/aromatic N) is 4. The minimum atomic E-state index is -1.08. The maximum Gasteiger partial charge on any atom is 0.329 e. The largest absolute Gasteiger partial charge is 0.462 e. The molecule has 1 saturated heterocycles. The van der Waals surface area contributed by atoms with Gasteiger partial charge in [0.2, 0.25) is 0 Å². The van der Waals surface area contributed by atoms with Crippen LogP contribution in [0.25, 0.3) is 11.0 Å². The molecule has 0 bridgehead atoms. The quantitative estimate of drug-likeness (QED) is 0.785. The highest BCUT2D eigenvalue weighted by Crippen LogP contribution is 2.30. The molecule has 2 heterocycles. The molecular weight excluding hydrogens is 328 g/mol. The molecule has 0 amide bonds. The molecule has 1 aliphatic heterocycles. The summed E-state index contributed by atoms with van der Waals surface area (Å²) in [5.41, 5.74) is 1.83. The molecule has 3 rings (SSSR count). The van der Waals surface area contributed by atoms with Gasteiger partial charge in [-0.3, -0.25) is 4.79 Å². The Hall–Kier alpha value is -2.68. The Morgan fingerprint density at radius 1 is 1.31 bits per heavy atom. The first-order valence-electron chi connectivity index (χ1n) is 9.11. The van der Waals surface area contributed by atoms with Gasteiger partial charge in [-0.1, -0.05) is 19.1 Å². The molecule has 0 radical (unpaired) electrons. The highest BCUT2D eigenvalue weighted by atomic mass is 16.5. The van der Waals surface area contributed by atoms with Crippen molar-refractivity contribution in [1.82, 2.24) is 9.97 Å². The molecule has 0 aliphatic carbocycles. The van der Waals surface area contributed by atoms with E-state index in [-0.39, 0.29) is 6.10 Å². The monoisotopic (exact) mass is 352 g/mol. The molecular formula is C20H24N4O2. The number of aromatic nitrogens is 2. The van der Waals surface area contributed by atoms with Crippen LogP contribution in [0.5, 0.6) is 0 Å². The fraction of sp³-hybridized carbons (Fsp3) is 0.500. The predicted molar refractivity (Wildman–Crippen MR) is 99.7 cm³/mol. The van der Waals surface area contributed by atoms with Gasteiger partial charge in [0.05, 0.1) is 23.2 Å². The number of esters is 1. The van der Waals surface area contributed by atoms with Crippen molar-refractivity contribution in [2.24, 2.45) is 5.92 Å². The van der Waals surface area contributed by atoms with E-state index < -0.39 is 11.9 Å². The summed E-state index contributed by atoms with van der Waals surface area (Å²) in [5, 5.41) is 9.67. The highest BCUT2D eigenvalue weighted by molar-refractivity contribution is 5.85. The van der Waals surface area contributed by atoms with Crippen LogP contribution in [0.1, 0.15) is 45.2 Å². The third-order valence-electron chi connectivity index (χ3n) is 4.52. The van der Waals surface area contributed by atoms with Crippen LogP contribution in [0, 0.1) is 17.2 Å². The molecule has 6 nitrogen and oxygen atoms in total. The summed E-state index contributed by atoms with van der Waals surface area (Å²) in [4.78, 5) is 24.1. The fourth-order valence-corrected chi connectivity index (χ4v) is 3.34. The van der Waals surface area contributed by atoms with E-state index in [9.17, 15) is 10.1 Å². The standard InChI is InChI=1S/C20H24N4O2/c1-13(2)26-20(25)15(11-21)18-19(24-10-6-7-14(3)12-24)23-17-9-5-4-8-16(17)22-18/h4-5,8-9,13-15H,6-7,10,12H2,1-3H3/t14-,15+/m1/s1. The smallest absolute Gasteiger partial charge is 0.329 e. The van der Waals surface area contributed by atoms with Crippen LogP contribution in [-0.4, -0.2) is 35.1 Å². The van der Waals surface area contributed by atoms with Gasteiger partial charge >= 0.3 is 5.97 Å². The van der Waals surface area contributed by atoms with Gasteiger partial charge in [0.1, 0.15) is 5.69 Å². The number of benzene rings is 1. The number of para-hydroxylation sites is 2. The molecule has 1 aromatic heterocycles. The van der Waals surface area contributed by atoms with Crippen LogP contribution in [-0.2, 0) is 9.53 Å². The lowest BCUT2D eigenvalue weighted by molar-refractivity contribution is -0.147. The lowest BCUT2D eigenvalue weighted by Gasteiger charge is -2.33. The number of fused-ring (bicyclic) bond motifs is 1. The van der Waals surface area contributed by atoms with Gasteiger partial charge in [0, 0.05) is 13.1 Å². The van der Waals surface area contributed by atoms with Gasteiger partial charge in [-0.25, -0.2) is 9.97 Å². The van der Waals surface area contributed by atoms with Crippen molar-refractivity contribution < 1.29 is 9.53 Å². The number of nitriles is 1. The lowest BCUT2D eigenvalue weighted by atomic mass is 9.99. The number of piperidine rings is 1. The van der Waals surface area contributed by atoms with E-state index in [1.54, 1.807) is 13.8 Å². The molecule has 2 atom stereocenters. The van der Waals surface area contributed by atoms with Crippen molar-refractivity contribution in [3.63, 3.8) is 0 Å². The van der Waals surface area contributed by atoms with Crippen molar-refractivity contribution in [2.75, 3.05) is 18.0 Å². The molecule has 0 N–H and O–H groups in total. The highest BCUT2D eigenvalue weighted by Gasteiger charge is 2.31. The van der Waals surface area contributed by atoms with Crippen LogP contribution < -0.4 is 4.90 Å². The Kier molecular flexibility index (Phi) is 5.36. The summed E-state index contributed by atoms with van der Waals surface area (Å²) in [6.45, 7) is 7.44. The van der Waals surface area contributed by atoms with Gasteiger partial charge in [0.15, 0.2) is 11.7 Å². The Morgan fingerprint density at radius 3 is 2.62 bits per heavy atom. The van der Waals surface area contributed by atoms with E-state index >= 15 is 0 Å². The average Bonchev–Trinajstić information content (AvgIpc) is 2.61. The van der Waals surface area contributed by atoms with Crippen molar-refractivity contribution in [3.05, 3.63) is 30.0 Å². The summed E-state index contributed by atoms with van der Waals surface area (Å²) in [6, 6.07) is 9.60. The third-order valence-corrected chi connectivity index (χ3v) is 4.52. The second-order valence-corrected chi connectivity index (χ2v) is 7.16. The van der Waals surface area contributed by atoms with Crippen LogP contribution in [0.3, 0.4) is 0 Å². The molecule has 0 unspecified atom stereocenters. The zero-order valence-electron chi connectivity index (χ0n) is 15.5. The van der Waals surface area contributed by atoms with Gasteiger partial charge < -0.3 is 9.64 Å². The molecule has 1 fully saturated rings. The van der Waals surface area contributed by atoms with Gasteiger partial charge in [-0.2, -0.15) is 5.26 Å². The molecule has 6 heteroatoms. The van der Waals surface area contributed by atoms with Gasteiger partial charge in [-0.05, 0) is 44.7 Å². The maximum atomic E-state index is 12.5. The first-order valence-corrected chi connectivity index (χ1v) is 9.11. The van der Waals surface area contributed by atoms with Gasteiger partial charge in [-0.15, -0.1) is 0 Å². The molecule has 26 heavy (non-hydrogen) atoms.